The molecule has 24 heavy (non-hydrogen) atoms. The summed E-state index contributed by atoms with van der Waals surface area (Å²) in [5, 5.41) is 23.8. The van der Waals surface area contributed by atoms with Crippen LogP contribution in [0.2, 0.25) is 0 Å². The Balaban J connectivity index is 1.38. The largest absolute Gasteiger partial charge is 0.366 e. The van der Waals surface area contributed by atoms with Crippen molar-refractivity contribution in [3.05, 3.63) is 18.3 Å². The van der Waals surface area contributed by atoms with E-state index >= 15 is 0 Å². The van der Waals surface area contributed by atoms with Gasteiger partial charge in [-0.15, -0.1) is 5.10 Å². The SMILES string of the molecule is N#C[C@@H]1CCCN1C(=O)CNC1CCC(Nc2cccnn2)CC1. The predicted octanol–water partition coefficient (Wildman–Crippen LogP) is 1.30. The van der Waals surface area contributed by atoms with E-state index in [1.807, 2.05) is 12.1 Å². The van der Waals surface area contributed by atoms with Crippen LogP contribution in [0.4, 0.5) is 5.82 Å². The van der Waals surface area contributed by atoms with Gasteiger partial charge in [0.25, 0.3) is 0 Å². The van der Waals surface area contributed by atoms with Crippen LogP contribution < -0.4 is 10.6 Å². The Hall–Kier alpha value is -2.20. The van der Waals surface area contributed by atoms with E-state index in [1.165, 1.54) is 0 Å². The van der Waals surface area contributed by atoms with Gasteiger partial charge in [-0.05, 0) is 50.7 Å². The highest BCUT2D eigenvalue weighted by molar-refractivity contribution is 5.79. The van der Waals surface area contributed by atoms with Gasteiger partial charge >= 0.3 is 0 Å². The molecule has 1 amide bonds. The standard InChI is InChI=1S/C17H24N6O/c18-11-15-3-2-10-23(15)17(24)12-19-13-5-7-14(8-6-13)21-16-4-1-9-20-22-16/h1,4,9,13-15,19H,2-3,5-8,10,12H2,(H,21,22)/t13?,14?,15-/m0/s1. The Morgan fingerprint density at radius 2 is 2.08 bits per heavy atom. The fourth-order valence-electron chi connectivity index (χ4n) is 3.56. The minimum atomic E-state index is -0.230. The zero-order chi connectivity index (χ0) is 16.8. The molecule has 1 aromatic heterocycles. The Morgan fingerprint density at radius 3 is 2.79 bits per heavy atom. The van der Waals surface area contributed by atoms with E-state index in [1.54, 1.807) is 11.1 Å². The van der Waals surface area contributed by atoms with Gasteiger partial charge in [0.05, 0.1) is 12.6 Å². The summed E-state index contributed by atoms with van der Waals surface area (Å²) in [5.74, 6) is 0.875. The summed E-state index contributed by atoms with van der Waals surface area (Å²) in [5.41, 5.74) is 0. The highest BCUT2D eigenvalue weighted by atomic mass is 16.2. The number of hydrogen-bond donors (Lipinski definition) is 2. The second kappa shape index (κ2) is 8.06. The Bertz CT molecular complexity index is 578. The van der Waals surface area contributed by atoms with E-state index in [9.17, 15) is 4.79 Å². The van der Waals surface area contributed by atoms with Crippen molar-refractivity contribution in [2.24, 2.45) is 0 Å². The first-order chi connectivity index (χ1) is 11.8. The van der Waals surface area contributed by atoms with Crippen LogP contribution in [0.1, 0.15) is 38.5 Å². The normalized spacial score (nSPS) is 26.8. The molecule has 2 N–H and O–H groups in total. The summed E-state index contributed by atoms with van der Waals surface area (Å²) >= 11 is 0. The minimum Gasteiger partial charge on any atom is -0.366 e. The number of nitriles is 1. The molecule has 0 spiro atoms. The first-order valence-electron chi connectivity index (χ1n) is 8.73. The Labute approximate surface area is 142 Å². The van der Waals surface area contributed by atoms with Gasteiger partial charge in [-0.2, -0.15) is 10.4 Å². The molecule has 1 atom stereocenters. The summed E-state index contributed by atoms with van der Waals surface area (Å²) < 4.78 is 0. The maximum Gasteiger partial charge on any atom is 0.237 e. The highest BCUT2D eigenvalue weighted by Gasteiger charge is 2.29. The topological polar surface area (TPSA) is 93.9 Å². The number of nitrogens with zero attached hydrogens (tertiary/aromatic N) is 4. The van der Waals surface area contributed by atoms with Gasteiger partial charge in [0.2, 0.25) is 5.91 Å². The molecule has 0 bridgehead atoms. The quantitative estimate of drug-likeness (QED) is 0.846. The van der Waals surface area contributed by atoms with Crippen LogP contribution in [0.3, 0.4) is 0 Å². The number of amides is 1. The van der Waals surface area contributed by atoms with Crippen molar-refractivity contribution in [3.8, 4) is 6.07 Å². The maximum absolute atomic E-state index is 12.2. The second-order valence-electron chi connectivity index (χ2n) is 6.56. The van der Waals surface area contributed by atoms with Crippen molar-refractivity contribution in [2.45, 2.75) is 56.7 Å². The molecule has 0 unspecified atom stereocenters. The molecular weight excluding hydrogens is 304 g/mol. The van der Waals surface area contributed by atoms with Gasteiger partial charge in [-0.25, -0.2) is 0 Å². The second-order valence-corrected chi connectivity index (χ2v) is 6.56. The van der Waals surface area contributed by atoms with Gasteiger partial charge in [0.1, 0.15) is 11.9 Å². The molecule has 2 heterocycles. The molecule has 1 aromatic rings. The number of hydrogen-bond acceptors (Lipinski definition) is 6. The van der Waals surface area contributed by atoms with Crippen LogP contribution in [0, 0.1) is 11.3 Å². The van der Waals surface area contributed by atoms with Crippen molar-refractivity contribution in [1.29, 1.82) is 5.26 Å². The fourth-order valence-corrected chi connectivity index (χ4v) is 3.56. The molecule has 3 rings (SSSR count). The van der Waals surface area contributed by atoms with E-state index in [-0.39, 0.29) is 11.9 Å². The smallest absolute Gasteiger partial charge is 0.237 e. The number of aromatic nitrogens is 2. The van der Waals surface area contributed by atoms with Crippen LogP contribution in [-0.4, -0.2) is 52.2 Å². The van der Waals surface area contributed by atoms with Crippen molar-refractivity contribution < 1.29 is 4.79 Å². The lowest BCUT2D eigenvalue weighted by Crippen LogP contribution is -2.45. The lowest BCUT2D eigenvalue weighted by molar-refractivity contribution is -0.130. The number of carbonyl (C=O) groups is 1. The van der Waals surface area contributed by atoms with Crippen LogP contribution >= 0.6 is 0 Å². The van der Waals surface area contributed by atoms with E-state index in [2.05, 4.69) is 26.9 Å². The Kier molecular flexibility index (Phi) is 5.59. The average molecular weight is 328 g/mol. The van der Waals surface area contributed by atoms with Gasteiger partial charge in [-0.1, -0.05) is 0 Å². The van der Waals surface area contributed by atoms with Crippen molar-refractivity contribution in [2.75, 3.05) is 18.4 Å². The molecule has 1 aliphatic carbocycles. The van der Waals surface area contributed by atoms with Gasteiger partial charge in [0, 0.05) is 24.8 Å². The fraction of sp³-hybridized carbons (Fsp3) is 0.647. The summed E-state index contributed by atoms with van der Waals surface area (Å²) in [7, 11) is 0. The number of anilines is 1. The van der Waals surface area contributed by atoms with E-state index in [4.69, 9.17) is 5.26 Å². The van der Waals surface area contributed by atoms with Gasteiger partial charge in [-0.3, -0.25) is 4.79 Å². The monoisotopic (exact) mass is 328 g/mol. The maximum atomic E-state index is 12.2. The predicted molar refractivity (Wildman–Crippen MR) is 90.0 cm³/mol. The van der Waals surface area contributed by atoms with Crippen LogP contribution in [-0.2, 0) is 4.79 Å². The number of carbonyl (C=O) groups excluding carboxylic acids is 1. The zero-order valence-corrected chi connectivity index (χ0v) is 13.8. The van der Waals surface area contributed by atoms with E-state index in [0.717, 1.165) is 44.3 Å². The molecule has 0 radical (unpaired) electrons. The molecule has 0 aromatic carbocycles. The minimum absolute atomic E-state index is 0.0545. The van der Waals surface area contributed by atoms with Gasteiger partial charge in [0.15, 0.2) is 0 Å². The molecular formula is C17H24N6O. The molecule has 7 nitrogen and oxygen atoms in total. The van der Waals surface area contributed by atoms with Gasteiger partial charge < -0.3 is 15.5 Å². The highest BCUT2D eigenvalue weighted by Crippen LogP contribution is 2.21. The molecule has 1 saturated carbocycles. The molecule has 2 aliphatic rings. The molecule has 2 fully saturated rings. The number of nitrogens with one attached hydrogen (secondary N) is 2. The third-order valence-electron chi connectivity index (χ3n) is 4.92. The third kappa shape index (κ3) is 4.20. The lowest BCUT2D eigenvalue weighted by Gasteiger charge is -2.30. The molecule has 1 aliphatic heterocycles. The first kappa shape index (κ1) is 16.7. The van der Waals surface area contributed by atoms with E-state index in [0.29, 0.717) is 25.2 Å². The van der Waals surface area contributed by atoms with Crippen molar-refractivity contribution in [3.63, 3.8) is 0 Å². The average Bonchev–Trinajstić information content (AvgIpc) is 3.10. The molecule has 7 heteroatoms. The summed E-state index contributed by atoms with van der Waals surface area (Å²) in [6.45, 7) is 1.05. The van der Waals surface area contributed by atoms with Crippen molar-refractivity contribution in [1.82, 2.24) is 20.4 Å². The van der Waals surface area contributed by atoms with E-state index < -0.39 is 0 Å². The molecule has 128 valence electrons. The molecule has 1 saturated heterocycles. The van der Waals surface area contributed by atoms with Crippen LogP contribution in [0.15, 0.2) is 18.3 Å². The summed E-state index contributed by atoms with van der Waals surface area (Å²) in [6, 6.07) is 6.58. The van der Waals surface area contributed by atoms with Crippen LogP contribution in [0.5, 0.6) is 0 Å². The number of likely N-dealkylation sites (tertiary alicyclic amines) is 1. The first-order valence-corrected chi connectivity index (χ1v) is 8.73. The van der Waals surface area contributed by atoms with Crippen molar-refractivity contribution >= 4 is 11.7 Å². The lowest BCUT2D eigenvalue weighted by atomic mass is 9.91. The zero-order valence-electron chi connectivity index (χ0n) is 13.8. The Morgan fingerprint density at radius 1 is 1.29 bits per heavy atom. The summed E-state index contributed by atoms with van der Waals surface area (Å²) in [6.07, 6.45) is 7.57. The van der Waals surface area contributed by atoms with Crippen LogP contribution in [0.25, 0.3) is 0 Å². The number of rotatable bonds is 5. The summed E-state index contributed by atoms with van der Waals surface area (Å²) in [4.78, 5) is 14.0. The third-order valence-corrected chi connectivity index (χ3v) is 4.92.